The number of carbonyl (C=O) groups is 1. The van der Waals surface area contributed by atoms with Gasteiger partial charge in [0.1, 0.15) is 5.75 Å². The van der Waals surface area contributed by atoms with Crippen molar-refractivity contribution in [2.75, 3.05) is 25.5 Å². The fourth-order valence-electron chi connectivity index (χ4n) is 3.22. The van der Waals surface area contributed by atoms with Gasteiger partial charge in [-0.1, -0.05) is 12.1 Å². The Morgan fingerprint density at radius 1 is 1.19 bits per heavy atom. The summed E-state index contributed by atoms with van der Waals surface area (Å²) >= 11 is 0. The molecule has 2 aromatic rings. The van der Waals surface area contributed by atoms with Crippen LogP contribution in [0.2, 0.25) is 0 Å². The first-order chi connectivity index (χ1) is 13.1. The average Bonchev–Trinajstić information content (AvgIpc) is 2.69. The monoisotopic (exact) mass is 375 g/mol. The number of alkyl halides is 2. The maximum absolute atomic E-state index is 13.0. The van der Waals surface area contributed by atoms with E-state index in [2.05, 4.69) is 15.4 Å². The van der Waals surface area contributed by atoms with Gasteiger partial charge in [-0.15, -0.1) is 0 Å². The summed E-state index contributed by atoms with van der Waals surface area (Å²) in [5, 5.41) is 6.43. The van der Waals surface area contributed by atoms with E-state index >= 15 is 0 Å². The molecule has 0 radical (unpaired) electrons. The molecule has 1 aliphatic rings. The first-order valence-electron chi connectivity index (χ1n) is 8.94. The van der Waals surface area contributed by atoms with Gasteiger partial charge in [0.2, 0.25) is 0 Å². The molecule has 3 rings (SSSR count). The van der Waals surface area contributed by atoms with Crippen LogP contribution in [0.5, 0.6) is 5.75 Å². The average molecular weight is 375 g/mol. The topological polar surface area (TPSA) is 53.6 Å². The number of likely N-dealkylation sites (N-methyl/N-ethyl adjacent to an activating group) is 1. The highest BCUT2D eigenvalue weighted by molar-refractivity contribution is 6.00. The lowest BCUT2D eigenvalue weighted by atomic mass is 10.0. The van der Waals surface area contributed by atoms with Crippen LogP contribution in [0.25, 0.3) is 0 Å². The highest BCUT2D eigenvalue weighted by Crippen LogP contribution is 2.25. The summed E-state index contributed by atoms with van der Waals surface area (Å²) in [4.78, 5) is 14.9. The van der Waals surface area contributed by atoms with Gasteiger partial charge in [0.25, 0.3) is 5.91 Å². The van der Waals surface area contributed by atoms with Gasteiger partial charge in [-0.2, -0.15) is 8.78 Å². The predicted molar refractivity (Wildman–Crippen MR) is 101 cm³/mol. The van der Waals surface area contributed by atoms with E-state index in [0.717, 1.165) is 19.4 Å². The van der Waals surface area contributed by atoms with Gasteiger partial charge in [-0.3, -0.25) is 4.79 Å². The summed E-state index contributed by atoms with van der Waals surface area (Å²) < 4.78 is 28.9. The molecule has 27 heavy (non-hydrogen) atoms. The van der Waals surface area contributed by atoms with E-state index < -0.39 is 6.61 Å². The number of anilines is 2. The molecular weight excluding hydrogens is 352 g/mol. The highest BCUT2D eigenvalue weighted by atomic mass is 19.3. The number of para-hydroxylation sites is 1. The van der Waals surface area contributed by atoms with Crippen molar-refractivity contribution in [1.82, 2.24) is 10.2 Å². The quantitative estimate of drug-likeness (QED) is 0.805. The zero-order valence-corrected chi connectivity index (χ0v) is 15.1. The van der Waals surface area contributed by atoms with Crippen molar-refractivity contribution in [1.29, 1.82) is 0 Å². The van der Waals surface area contributed by atoms with E-state index in [4.69, 9.17) is 0 Å². The number of hydrogen-bond donors (Lipinski definition) is 2. The van der Waals surface area contributed by atoms with Crippen LogP contribution in [-0.2, 0) is 0 Å². The second-order valence-corrected chi connectivity index (χ2v) is 6.45. The summed E-state index contributed by atoms with van der Waals surface area (Å²) in [6, 6.07) is 13.8. The number of piperidine rings is 1. The Labute approximate surface area is 157 Å². The molecule has 7 heteroatoms. The van der Waals surface area contributed by atoms with E-state index in [1.165, 1.54) is 12.1 Å². The summed E-state index contributed by atoms with van der Waals surface area (Å²) in [5.41, 5.74) is 1.95. The number of hydrogen-bond acceptors (Lipinski definition) is 4. The zero-order valence-electron chi connectivity index (χ0n) is 15.1. The van der Waals surface area contributed by atoms with E-state index in [9.17, 15) is 13.6 Å². The SMILES string of the molecule is CNC1CCCN(C(=O)c2ccccc2Nc2ccc(OC(F)F)cc2)C1. The van der Waals surface area contributed by atoms with Crippen molar-refractivity contribution >= 4 is 17.3 Å². The molecule has 1 saturated heterocycles. The van der Waals surface area contributed by atoms with E-state index in [0.29, 0.717) is 29.5 Å². The van der Waals surface area contributed by atoms with E-state index in [1.54, 1.807) is 18.2 Å². The first-order valence-corrected chi connectivity index (χ1v) is 8.94. The smallest absolute Gasteiger partial charge is 0.387 e. The molecule has 0 aromatic heterocycles. The second-order valence-electron chi connectivity index (χ2n) is 6.45. The minimum atomic E-state index is -2.85. The second kappa shape index (κ2) is 8.81. The number of halogens is 2. The molecule has 5 nitrogen and oxygen atoms in total. The van der Waals surface area contributed by atoms with Crippen LogP contribution in [0.4, 0.5) is 20.2 Å². The largest absolute Gasteiger partial charge is 0.435 e. The van der Waals surface area contributed by atoms with Crippen molar-refractivity contribution in [3.8, 4) is 5.75 Å². The maximum Gasteiger partial charge on any atom is 0.387 e. The summed E-state index contributed by atoms with van der Waals surface area (Å²) in [6.45, 7) is -1.43. The van der Waals surface area contributed by atoms with Crippen molar-refractivity contribution in [2.45, 2.75) is 25.5 Å². The molecule has 0 aliphatic carbocycles. The molecule has 1 atom stereocenters. The summed E-state index contributed by atoms with van der Waals surface area (Å²) in [6.07, 6.45) is 2.03. The van der Waals surface area contributed by atoms with E-state index in [-0.39, 0.29) is 11.7 Å². The van der Waals surface area contributed by atoms with E-state index in [1.807, 2.05) is 30.1 Å². The Kier molecular flexibility index (Phi) is 6.24. The Bertz CT molecular complexity index is 768. The molecule has 2 N–H and O–H groups in total. The zero-order chi connectivity index (χ0) is 19.2. The molecule has 1 unspecified atom stereocenters. The van der Waals surface area contributed by atoms with Crippen LogP contribution >= 0.6 is 0 Å². The van der Waals surface area contributed by atoms with Crippen molar-refractivity contribution < 1.29 is 18.3 Å². The maximum atomic E-state index is 13.0. The first kappa shape index (κ1) is 19.1. The summed E-state index contributed by atoms with van der Waals surface area (Å²) in [5.74, 6) is 0.0713. The van der Waals surface area contributed by atoms with Crippen molar-refractivity contribution in [2.24, 2.45) is 0 Å². The normalized spacial score (nSPS) is 17.0. The Morgan fingerprint density at radius 3 is 2.63 bits per heavy atom. The third-order valence-electron chi connectivity index (χ3n) is 4.63. The van der Waals surface area contributed by atoms with Gasteiger partial charge in [0.15, 0.2) is 0 Å². The Morgan fingerprint density at radius 2 is 1.93 bits per heavy atom. The lowest BCUT2D eigenvalue weighted by Gasteiger charge is -2.33. The van der Waals surface area contributed by atoms with Crippen LogP contribution in [-0.4, -0.2) is 43.6 Å². The Hall–Kier alpha value is -2.67. The molecule has 1 amide bonds. The lowest BCUT2D eigenvalue weighted by Crippen LogP contribution is -2.47. The minimum absolute atomic E-state index is 0.0179. The van der Waals surface area contributed by atoms with Crippen molar-refractivity contribution in [3.63, 3.8) is 0 Å². The number of nitrogens with one attached hydrogen (secondary N) is 2. The standard InChI is InChI=1S/C20H23F2N3O2/c1-23-15-5-4-12-25(13-15)19(26)17-6-2-3-7-18(17)24-14-8-10-16(11-9-14)27-20(21)22/h2-3,6-11,15,20,23-24H,4-5,12-13H2,1H3. The molecule has 1 aliphatic heterocycles. The van der Waals surface area contributed by atoms with Gasteiger partial charge >= 0.3 is 6.61 Å². The van der Waals surface area contributed by atoms with Gasteiger partial charge in [0, 0.05) is 24.8 Å². The number of ether oxygens (including phenoxy) is 1. The lowest BCUT2D eigenvalue weighted by molar-refractivity contribution is -0.0498. The van der Waals surface area contributed by atoms with Crippen LogP contribution < -0.4 is 15.4 Å². The predicted octanol–water partition coefficient (Wildman–Crippen LogP) is 3.86. The fraction of sp³-hybridized carbons (Fsp3) is 0.350. The van der Waals surface area contributed by atoms with Crippen molar-refractivity contribution in [3.05, 3.63) is 54.1 Å². The molecule has 2 aromatic carbocycles. The van der Waals surface area contributed by atoms with Gasteiger partial charge < -0.3 is 20.3 Å². The van der Waals surface area contributed by atoms with Gasteiger partial charge in [0.05, 0.1) is 11.3 Å². The number of carbonyl (C=O) groups excluding carboxylic acids is 1. The molecule has 0 spiro atoms. The molecule has 1 fully saturated rings. The number of benzene rings is 2. The molecule has 0 saturated carbocycles. The summed E-state index contributed by atoms with van der Waals surface area (Å²) in [7, 11) is 1.91. The third-order valence-corrected chi connectivity index (χ3v) is 4.63. The van der Waals surface area contributed by atoms with Crippen LogP contribution in [0.15, 0.2) is 48.5 Å². The van der Waals surface area contributed by atoms with Crippen LogP contribution in [0, 0.1) is 0 Å². The number of nitrogens with zero attached hydrogens (tertiary/aromatic N) is 1. The Balaban J connectivity index is 1.74. The molecule has 0 bridgehead atoms. The van der Waals surface area contributed by atoms with Crippen LogP contribution in [0.1, 0.15) is 23.2 Å². The van der Waals surface area contributed by atoms with Crippen LogP contribution in [0.3, 0.4) is 0 Å². The number of rotatable bonds is 6. The molecule has 144 valence electrons. The van der Waals surface area contributed by atoms with Gasteiger partial charge in [-0.25, -0.2) is 0 Å². The number of amides is 1. The number of likely N-dealkylation sites (tertiary alicyclic amines) is 1. The molecular formula is C20H23F2N3O2. The minimum Gasteiger partial charge on any atom is -0.435 e. The highest BCUT2D eigenvalue weighted by Gasteiger charge is 2.25. The molecule has 1 heterocycles. The van der Waals surface area contributed by atoms with Gasteiger partial charge in [-0.05, 0) is 56.3 Å². The fourth-order valence-corrected chi connectivity index (χ4v) is 3.22. The third kappa shape index (κ3) is 4.95.